The van der Waals surface area contributed by atoms with Crippen LogP contribution in [0, 0.1) is 6.92 Å². The predicted octanol–water partition coefficient (Wildman–Crippen LogP) is -0.775. The number of rotatable bonds is 2. The molecule has 0 fully saturated rings. The van der Waals surface area contributed by atoms with Gasteiger partial charge in [-0.15, -0.1) is 12.4 Å². The van der Waals surface area contributed by atoms with Gasteiger partial charge >= 0.3 is 0 Å². The molecule has 1 heterocycles. The van der Waals surface area contributed by atoms with E-state index < -0.39 is 11.7 Å². The van der Waals surface area contributed by atoms with Crippen LogP contribution in [-0.4, -0.2) is 23.1 Å². The third kappa shape index (κ3) is 4.71. The normalized spacial score (nSPS) is 8.06. The van der Waals surface area contributed by atoms with E-state index >= 15 is 0 Å². The van der Waals surface area contributed by atoms with E-state index in [-0.39, 0.29) is 28.8 Å². The maximum absolute atomic E-state index is 11.0. The summed E-state index contributed by atoms with van der Waals surface area (Å²) in [5, 5.41) is 0.261. The molecule has 2 amide bonds. The lowest BCUT2D eigenvalue weighted by molar-refractivity contribution is -0.114. The predicted molar refractivity (Wildman–Crippen MR) is 62.3 cm³/mol. The van der Waals surface area contributed by atoms with Gasteiger partial charge in [-0.25, -0.2) is 4.98 Å². The second-order valence-corrected chi connectivity index (χ2v) is 3.33. The third-order valence-electron chi connectivity index (χ3n) is 1.24. The maximum Gasteiger partial charge on any atom is 0.290 e. The Labute approximate surface area is 101 Å². The number of primary amides is 2. The lowest BCUT2D eigenvalue weighted by Gasteiger charge is -1.89. The van der Waals surface area contributed by atoms with Gasteiger partial charge in [0.25, 0.3) is 11.7 Å². The number of ketones is 1. The molecule has 1 aromatic rings. The van der Waals surface area contributed by atoms with Crippen molar-refractivity contribution in [2.45, 2.75) is 6.92 Å². The first-order chi connectivity index (χ1) is 6.93. The topological polar surface area (TPSA) is 142 Å². The zero-order valence-corrected chi connectivity index (χ0v) is 9.93. The first-order valence-corrected chi connectivity index (χ1v) is 4.48. The average molecular weight is 267 g/mol. The smallest absolute Gasteiger partial charge is 0.290 e. The van der Waals surface area contributed by atoms with Crippen molar-refractivity contribution in [3.8, 4) is 0 Å². The van der Waals surface area contributed by atoms with E-state index in [1.165, 1.54) is 0 Å². The van der Waals surface area contributed by atoms with Crippen molar-refractivity contribution < 1.29 is 14.4 Å². The van der Waals surface area contributed by atoms with E-state index in [1.807, 2.05) is 0 Å². The number of anilines is 1. The number of carbonyl (C=O) groups is 3. The molecule has 7 nitrogen and oxygen atoms in total. The molecule has 0 aliphatic rings. The van der Waals surface area contributed by atoms with Gasteiger partial charge in [0, 0.05) is 0 Å². The van der Waals surface area contributed by atoms with Gasteiger partial charge in [-0.3, -0.25) is 14.4 Å². The summed E-state index contributed by atoms with van der Waals surface area (Å²) in [6.07, 6.45) is 0.250. The Morgan fingerprint density at radius 2 is 1.88 bits per heavy atom. The molecule has 0 unspecified atom stereocenters. The summed E-state index contributed by atoms with van der Waals surface area (Å²) in [7, 11) is 0. The molecule has 1 rings (SSSR count). The van der Waals surface area contributed by atoms with Gasteiger partial charge < -0.3 is 17.2 Å². The number of thiazole rings is 1. The van der Waals surface area contributed by atoms with Crippen molar-refractivity contribution >= 4 is 47.0 Å². The Morgan fingerprint density at radius 3 is 2.12 bits per heavy atom. The molecular formula is C7H11ClN4O3S. The largest absolute Gasteiger partial charge is 0.375 e. The van der Waals surface area contributed by atoms with E-state index in [1.54, 1.807) is 6.92 Å². The molecule has 1 aromatic heterocycles. The Morgan fingerprint density at radius 1 is 1.44 bits per heavy atom. The van der Waals surface area contributed by atoms with Crippen LogP contribution in [0.4, 0.5) is 5.13 Å². The van der Waals surface area contributed by atoms with Crippen LogP contribution in [-0.2, 0) is 9.59 Å². The number of nitrogens with zero attached hydrogens (tertiary/aromatic N) is 1. The van der Waals surface area contributed by atoms with Crippen molar-refractivity contribution in [1.82, 2.24) is 4.98 Å². The number of amides is 2. The summed E-state index contributed by atoms with van der Waals surface area (Å²) in [6, 6.07) is 0. The molecule has 0 saturated heterocycles. The van der Waals surface area contributed by atoms with Gasteiger partial charge in [0.15, 0.2) is 5.13 Å². The summed E-state index contributed by atoms with van der Waals surface area (Å²) in [4.78, 5) is 34.1. The Balaban J connectivity index is 0. The van der Waals surface area contributed by atoms with E-state index in [4.69, 9.17) is 16.3 Å². The second-order valence-electron chi connectivity index (χ2n) is 2.30. The van der Waals surface area contributed by atoms with Crippen molar-refractivity contribution in [2.24, 2.45) is 11.5 Å². The van der Waals surface area contributed by atoms with Crippen LogP contribution >= 0.6 is 23.7 Å². The van der Waals surface area contributed by atoms with E-state index in [2.05, 4.69) is 10.7 Å². The first kappa shape index (κ1) is 16.7. The van der Waals surface area contributed by atoms with Gasteiger partial charge in [0.2, 0.25) is 6.41 Å². The molecular weight excluding hydrogens is 256 g/mol. The minimum absolute atomic E-state index is 0. The summed E-state index contributed by atoms with van der Waals surface area (Å²) in [6.45, 7) is 1.60. The zero-order chi connectivity index (χ0) is 12.0. The fourth-order valence-electron chi connectivity index (χ4n) is 0.740. The van der Waals surface area contributed by atoms with Crippen molar-refractivity contribution in [2.75, 3.05) is 5.73 Å². The molecule has 9 heteroatoms. The fraction of sp³-hybridized carbons (Fsp3) is 0.143. The molecule has 0 saturated carbocycles. The van der Waals surface area contributed by atoms with Gasteiger partial charge in [-0.05, 0) is 6.92 Å². The number of carbonyl (C=O) groups excluding carboxylic acids is 3. The Hall–Kier alpha value is -1.67. The second kappa shape index (κ2) is 7.60. The molecule has 0 atom stereocenters. The lowest BCUT2D eigenvalue weighted by Crippen LogP contribution is -2.22. The van der Waals surface area contributed by atoms with E-state index in [0.29, 0.717) is 5.69 Å². The average Bonchev–Trinajstić information content (AvgIpc) is 2.45. The number of hydrogen-bond donors (Lipinski definition) is 3. The first-order valence-electron chi connectivity index (χ1n) is 3.66. The maximum atomic E-state index is 11.0. The monoisotopic (exact) mass is 266 g/mol. The van der Waals surface area contributed by atoms with Crippen LogP contribution < -0.4 is 17.2 Å². The lowest BCUT2D eigenvalue weighted by atomic mass is 10.3. The third-order valence-corrected chi connectivity index (χ3v) is 2.23. The Bertz CT molecular complexity index is 393. The zero-order valence-electron chi connectivity index (χ0n) is 8.30. The summed E-state index contributed by atoms with van der Waals surface area (Å²) < 4.78 is 0. The van der Waals surface area contributed by atoms with Gasteiger partial charge in [0.1, 0.15) is 4.88 Å². The van der Waals surface area contributed by atoms with Crippen molar-refractivity contribution in [3.63, 3.8) is 0 Å². The number of aromatic nitrogens is 1. The van der Waals surface area contributed by atoms with Crippen LogP contribution in [0.2, 0.25) is 0 Å². The summed E-state index contributed by atoms with van der Waals surface area (Å²) in [5.41, 5.74) is 14.7. The van der Waals surface area contributed by atoms with Gasteiger partial charge in [-0.1, -0.05) is 11.3 Å². The van der Waals surface area contributed by atoms with E-state index in [0.717, 1.165) is 11.3 Å². The highest BCUT2D eigenvalue weighted by Crippen LogP contribution is 2.19. The number of aryl methyl sites for hydroxylation is 1. The van der Waals surface area contributed by atoms with Crippen LogP contribution in [0.5, 0.6) is 0 Å². The van der Waals surface area contributed by atoms with Crippen LogP contribution in [0.15, 0.2) is 0 Å². The highest BCUT2D eigenvalue weighted by atomic mass is 35.5. The number of nitrogen functional groups attached to an aromatic ring is 1. The molecule has 0 radical (unpaired) electrons. The molecule has 90 valence electrons. The molecule has 6 N–H and O–H groups in total. The van der Waals surface area contributed by atoms with Crippen molar-refractivity contribution in [3.05, 3.63) is 10.6 Å². The molecule has 0 aliphatic carbocycles. The molecule has 16 heavy (non-hydrogen) atoms. The number of Topliss-reactive ketones (excluding diaryl/α,β-unsaturated/α-hetero) is 1. The highest BCUT2D eigenvalue weighted by Gasteiger charge is 2.18. The minimum atomic E-state index is -0.984. The fourth-order valence-corrected chi connectivity index (χ4v) is 1.52. The molecule has 0 aromatic carbocycles. The molecule has 0 bridgehead atoms. The summed E-state index contributed by atoms with van der Waals surface area (Å²) >= 11 is 0.967. The van der Waals surface area contributed by atoms with E-state index in [9.17, 15) is 9.59 Å². The SMILES string of the molecule is Cc1nc(N)sc1C(=O)C(N)=O.Cl.NC=O. The highest BCUT2D eigenvalue weighted by molar-refractivity contribution is 7.18. The quantitative estimate of drug-likeness (QED) is 0.366. The van der Waals surface area contributed by atoms with Gasteiger partial charge in [0.05, 0.1) is 5.69 Å². The van der Waals surface area contributed by atoms with Gasteiger partial charge in [-0.2, -0.15) is 0 Å². The number of nitrogens with two attached hydrogens (primary N) is 3. The minimum Gasteiger partial charge on any atom is -0.375 e. The van der Waals surface area contributed by atoms with Crippen LogP contribution in [0.1, 0.15) is 15.4 Å². The number of hydrogen-bond acceptors (Lipinski definition) is 6. The van der Waals surface area contributed by atoms with Crippen molar-refractivity contribution in [1.29, 1.82) is 0 Å². The standard InChI is InChI=1S/C6H7N3O2S.CH3NO.ClH/c1-2-4(3(10)5(7)11)12-6(8)9-2;2-1-3;/h1H3,(H2,7,11)(H2,8,9);1H,(H2,2,3);1H. The van der Waals surface area contributed by atoms with Crippen LogP contribution in [0.25, 0.3) is 0 Å². The number of halogens is 1. The summed E-state index contributed by atoms with van der Waals surface area (Å²) in [5.74, 6) is -1.72. The molecule has 0 spiro atoms. The van der Waals surface area contributed by atoms with Crippen LogP contribution in [0.3, 0.4) is 0 Å². The Kier molecular flexibility index (Phi) is 7.96. The molecule has 0 aliphatic heterocycles.